The molecule has 0 fully saturated rings. The van der Waals surface area contributed by atoms with Crippen LogP contribution in [0.25, 0.3) is 5.82 Å². The summed E-state index contributed by atoms with van der Waals surface area (Å²) in [6, 6.07) is 7.48. The van der Waals surface area contributed by atoms with Crippen LogP contribution in [-0.2, 0) is 6.61 Å². The average Bonchev–Trinajstić information content (AvgIpc) is 2.85. The monoisotopic (exact) mass is 249 g/mol. The number of rotatable bonds is 2. The fraction of sp³-hybridized carbons (Fsp3) is 0.429. The summed E-state index contributed by atoms with van der Waals surface area (Å²) >= 11 is 0. The molecular weight excluding hydrogens is 226 g/mol. The molecule has 2 aromatic heterocycles. The van der Waals surface area contributed by atoms with Gasteiger partial charge in [0.2, 0.25) is 0 Å². The van der Waals surface area contributed by atoms with Gasteiger partial charge in [-0.3, -0.25) is 0 Å². The van der Waals surface area contributed by atoms with E-state index in [-0.39, 0.29) is 6.61 Å². The maximum absolute atomic E-state index is 8.93. The van der Waals surface area contributed by atoms with Crippen LogP contribution in [0.3, 0.4) is 0 Å². The number of hydrogen-bond acceptors (Lipinski definition) is 3. The van der Waals surface area contributed by atoms with Gasteiger partial charge >= 0.3 is 0 Å². The van der Waals surface area contributed by atoms with Gasteiger partial charge in [-0.15, -0.1) is 0 Å². The molecule has 100 valence electrons. The number of aromatic nitrogens is 3. The van der Waals surface area contributed by atoms with Gasteiger partial charge in [0.25, 0.3) is 0 Å². The average molecular weight is 249 g/mol. The standard InChI is InChI=1S/C10H11N3O.2C2H6/c1-8-6-9(7-14)12-13(8)10-4-2-3-5-11-10;2*1-2/h2-6,14H,7H2,1H3;2*1-2H3. The van der Waals surface area contributed by atoms with Gasteiger partial charge in [0.15, 0.2) is 5.82 Å². The molecule has 0 saturated carbocycles. The Bertz CT molecular complexity index is 424. The lowest BCUT2D eigenvalue weighted by molar-refractivity contribution is 0.276. The van der Waals surface area contributed by atoms with Crippen LogP contribution in [-0.4, -0.2) is 19.9 Å². The molecular formula is C14H23N3O. The zero-order valence-electron chi connectivity index (χ0n) is 11.9. The van der Waals surface area contributed by atoms with E-state index in [0.717, 1.165) is 11.5 Å². The molecule has 0 aliphatic carbocycles. The molecule has 0 aliphatic rings. The number of aryl methyl sites for hydroxylation is 1. The number of hydrogen-bond donors (Lipinski definition) is 1. The van der Waals surface area contributed by atoms with E-state index in [1.807, 2.05) is 58.9 Å². The third-order valence-electron chi connectivity index (χ3n) is 1.97. The van der Waals surface area contributed by atoms with Crippen molar-refractivity contribution in [2.24, 2.45) is 0 Å². The second kappa shape index (κ2) is 9.36. The van der Waals surface area contributed by atoms with Crippen molar-refractivity contribution < 1.29 is 5.11 Å². The summed E-state index contributed by atoms with van der Waals surface area (Å²) in [6.07, 6.45) is 1.72. The highest BCUT2D eigenvalue weighted by atomic mass is 16.3. The summed E-state index contributed by atoms with van der Waals surface area (Å²) in [5.41, 5.74) is 1.63. The molecule has 4 heteroatoms. The molecule has 0 saturated heterocycles. The fourth-order valence-corrected chi connectivity index (χ4v) is 1.33. The second-order valence-electron chi connectivity index (χ2n) is 3.03. The van der Waals surface area contributed by atoms with Gasteiger partial charge in [-0.2, -0.15) is 5.10 Å². The van der Waals surface area contributed by atoms with Crippen molar-refractivity contribution in [2.45, 2.75) is 41.2 Å². The highest BCUT2D eigenvalue weighted by Gasteiger charge is 2.05. The summed E-state index contributed by atoms with van der Waals surface area (Å²) < 4.78 is 1.71. The lowest BCUT2D eigenvalue weighted by Gasteiger charge is -2.01. The Morgan fingerprint density at radius 3 is 2.28 bits per heavy atom. The molecule has 0 spiro atoms. The van der Waals surface area contributed by atoms with Crippen molar-refractivity contribution in [2.75, 3.05) is 0 Å². The molecule has 0 amide bonds. The van der Waals surface area contributed by atoms with Crippen LogP contribution in [0.4, 0.5) is 0 Å². The Hall–Kier alpha value is -1.68. The van der Waals surface area contributed by atoms with E-state index in [4.69, 9.17) is 5.11 Å². The zero-order valence-corrected chi connectivity index (χ0v) is 11.9. The number of aliphatic hydroxyl groups excluding tert-OH is 1. The van der Waals surface area contributed by atoms with Gasteiger partial charge in [0, 0.05) is 11.9 Å². The SMILES string of the molecule is CC.CC.Cc1cc(CO)nn1-c1ccccn1. The van der Waals surface area contributed by atoms with E-state index in [1.54, 1.807) is 10.9 Å². The number of pyridine rings is 1. The Labute approximate surface area is 109 Å². The first-order valence-electron chi connectivity index (χ1n) is 6.39. The van der Waals surface area contributed by atoms with E-state index in [2.05, 4.69) is 10.1 Å². The Balaban J connectivity index is 0.000000659. The van der Waals surface area contributed by atoms with Gasteiger partial charge in [0.1, 0.15) is 0 Å². The predicted octanol–water partition coefficient (Wildman–Crippen LogP) is 3.12. The van der Waals surface area contributed by atoms with Gasteiger partial charge in [-0.1, -0.05) is 33.8 Å². The van der Waals surface area contributed by atoms with Crippen molar-refractivity contribution in [3.8, 4) is 5.82 Å². The van der Waals surface area contributed by atoms with Crippen LogP contribution >= 0.6 is 0 Å². The Morgan fingerprint density at radius 1 is 1.17 bits per heavy atom. The highest BCUT2D eigenvalue weighted by Crippen LogP contribution is 2.08. The minimum Gasteiger partial charge on any atom is -0.390 e. The molecule has 0 aromatic carbocycles. The molecule has 2 heterocycles. The van der Waals surface area contributed by atoms with E-state index in [0.29, 0.717) is 5.69 Å². The lowest BCUT2D eigenvalue weighted by atomic mass is 10.4. The predicted molar refractivity (Wildman–Crippen MR) is 74.7 cm³/mol. The first-order valence-corrected chi connectivity index (χ1v) is 6.39. The Kier molecular flexibility index (Phi) is 8.49. The maximum atomic E-state index is 8.93. The first kappa shape index (κ1) is 16.3. The van der Waals surface area contributed by atoms with Gasteiger partial charge < -0.3 is 5.11 Å². The van der Waals surface area contributed by atoms with E-state index < -0.39 is 0 Å². The summed E-state index contributed by atoms with van der Waals surface area (Å²) in [5, 5.41) is 13.1. The topological polar surface area (TPSA) is 50.9 Å². The summed E-state index contributed by atoms with van der Waals surface area (Å²) in [7, 11) is 0. The minimum atomic E-state index is -0.0410. The molecule has 1 N–H and O–H groups in total. The van der Waals surface area contributed by atoms with Crippen LogP contribution in [0.5, 0.6) is 0 Å². The van der Waals surface area contributed by atoms with Crippen molar-refractivity contribution in [3.05, 3.63) is 41.9 Å². The smallest absolute Gasteiger partial charge is 0.153 e. The maximum Gasteiger partial charge on any atom is 0.153 e. The van der Waals surface area contributed by atoms with Crippen molar-refractivity contribution in [1.29, 1.82) is 0 Å². The van der Waals surface area contributed by atoms with Crippen LogP contribution < -0.4 is 0 Å². The molecule has 0 bridgehead atoms. The number of aliphatic hydroxyl groups is 1. The summed E-state index contributed by atoms with van der Waals surface area (Å²) in [5.74, 6) is 0.768. The van der Waals surface area contributed by atoms with Gasteiger partial charge in [-0.05, 0) is 25.1 Å². The molecule has 2 rings (SSSR count). The minimum absolute atomic E-state index is 0.0410. The molecule has 0 atom stereocenters. The normalized spacial score (nSPS) is 8.78. The van der Waals surface area contributed by atoms with Crippen molar-refractivity contribution >= 4 is 0 Å². The molecule has 18 heavy (non-hydrogen) atoms. The van der Waals surface area contributed by atoms with Crippen LogP contribution in [0.1, 0.15) is 39.1 Å². The molecule has 0 unspecified atom stereocenters. The molecule has 2 aromatic rings. The fourth-order valence-electron chi connectivity index (χ4n) is 1.33. The zero-order chi connectivity index (χ0) is 14.0. The van der Waals surface area contributed by atoms with Crippen molar-refractivity contribution in [3.63, 3.8) is 0 Å². The van der Waals surface area contributed by atoms with Crippen LogP contribution in [0.2, 0.25) is 0 Å². The highest BCUT2D eigenvalue weighted by molar-refractivity contribution is 5.25. The van der Waals surface area contributed by atoms with Crippen LogP contribution in [0.15, 0.2) is 30.5 Å². The molecule has 4 nitrogen and oxygen atoms in total. The van der Waals surface area contributed by atoms with E-state index in [1.165, 1.54) is 0 Å². The van der Waals surface area contributed by atoms with Crippen LogP contribution in [0, 0.1) is 6.92 Å². The number of nitrogens with zero attached hydrogens (tertiary/aromatic N) is 3. The quantitative estimate of drug-likeness (QED) is 0.889. The van der Waals surface area contributed by atoms with Crippen molar-refractivity contribution in [1.82, 2.24) is 14.8 Å². The summed E-state index contributed by atoms with van der Waals surface area (Å²) in [4.78, 5) is 4.18. The van der Waals surface area contributed by atoms with Gasteiger partial charge in [0.05, 0.1) is 12.3 Å². The lowest BCUT2D eigenvalue weighted by Crippen LogP contribution is -2.01. The first-order chi connectivity index (χ1) is 8.81. The second-order valence-corrected chi connectivity index (χ2v) is 3.03. The Morgan fingerprint density at radius 2 is 1.83 bits per heavy atom. The van der Waals surface area contributed by atoms with E-state index >= 15 is 0 Å². The third kappa shape index (κ3) is 4.30. The molecule has 0 aliphatic heterocycles. The largest absolute Gasteiger partial charge is 0.390 e. The van der Waals surface area contributed by atoms with E-state index in [9.17, 15) is 0 Å². The summed E-state index contributed by atoms with van der Waals surface area (Å²) in [6.45, 7) is 9.89. The molecule has 0 radical (unpaired) electrons. The van der Waals surface area contributed by atoms with Gasteiger partial charge in [-0.25, -0.2) is 9.67 Å². The third-order valence-corrected chi connectivity index (χ3v) is 1.97.